The molecule has 1 rings (SSSR count). The predicted molar refractivity (Wildman–Crippen MR) is 77.7 cm³/mol. The lowest BCUT2D eigenvalue weighted by Gasteiger charge is -2.09. The van der Waals surface area contributed by atoms with Crippen LogP contribution in [0.3, 0.4) is 0 Å². The summed E-state index contributed by atoms with van der Waals surface area (Å²) < 4.78 is 0. The maximum atomic E-state index is 11.9. The van der Waals surface area contributed by atoms with E-state index in [9.17, 15) is 4.79 Å². The van der Waals surface area contributed by atoms with E-state index in [1.807, 2.05) is 18.4 Å². The van der Waals surface area contributed by atoms with E-state index in [0.717, 1.165) is 5.56 Å². The van der Waals surface area contributed by atoms with Gasteiger partial charge in [-0.1, -0.05) is 24.8 Å². The summed E-state index contributed by atoms with van der Waals surface area (Å²) in [6, 6.07) is 7.26. The van der Waals surface area contributed by atoms with Gasteiger partial charge in [0.15, 0.2) is 0 Å². The minimum atomic E-state index is -0.0627. The molecule has 0 saturated carbocycles. The molecule has 0 aliphatic carbocycles. The van der Waals surface area contributed by atoms with E-state index in [1.54, 1.807) is 23.9 Å². The van der Waals surface area contributed by atoms with Gasteiger partial charge in [-0.3, -0.25) is 4.79 Å². The first-order valence-electron chi connectivity index (χ1n) is 5.77. The average molecular weight is 262 g/mol. The van der Waals surface area contributed by atoms with Crippen LogP contribution in [0.4, 0.5) is 0 Å². The molecule has 3 nitrogen and oxygen atoms in total. The highest BCUT2D eigenvalue weighted by molar-refractivity contribution is 7.99. The summed E-state index contributed by atoms with van der Waals surface area (Å²) in [6.07, 6.45) is 2.03. The van der Waals surface area contributed by atoms with Gasteiger partial charge < -0.3 is 11.1 Å². The van der Waals surface area contributed by atoms with Gasteiger partial charge in [0.05, 0.1) is 6.54 Å². The SMILES string of the molecule is CSC(C)CNC(=O)c1cccc(C#CCN)c1. The molecule has 0 aliphatic heterocycles. The Balaban J connectivity index is 2.68. The van der Waals surface area contributed by atoms with E-state index in [-0.39, 0.29) is 5.91 Å². The molecule has 1 unspecified atom stereocenters. The normalized spacial score (nSPS) is 11.3. The van der Waals surface area contributed by atoms with Crippen LogP contribution in [0.5, 0.6) is 0 Å². The Morgan fingerprint density at radius 1 is 1.56 bits per heavy atom. The molecule has 0 fully saturated rings. The van der Waals surface area contributed by atoms with E-state index in [4.69, 9.17) is 5.73 Å². The smallest absolute Gasteiger partial charge is 0.251 e. The second-order valence-electron chi connectivity index (χ2n) is 3.84. The third kappa shape index (κ3) is 4.82. The maximum absolute atomic E-state index is 11.9. The predicted octanol–water partition coefficient (Wildman–Crippen LogP) is 1.48. The number of carbonyl (C=O) groups excluding carboxylic acids is 1. The fraction of sp³-hybridized carbons (Fsp3) is 0.357. The molecular formula is C14H18N2OS. The standard InChI is InChI=1S/C14H18N2OS/c1-11(18-2)10-16-14(17)13-7-3-5-12(9-13)6-4-8-15/h3,5,7,9,11H,8,10,15H2,1-2H3,(H,16,17). The minimum absolute atomic E-state index is 0.0627. The zero-order chi connectivity index (χ0) is 13.4. The minimum Gasteiger partial charge on any atom is -0.351 e. The van der Waals surface area contributed by atoms with Crippen molar-refractivity contribution in [2.75, 3.05) is 19.3 Å². The Morgan fingerprint density at radius 2 is 2.33 bits per heavy atom. The Labute approximate surface area is 113 Å². The van der Waals surface area contributed by atoms with Crippen LogP contribution in [0.2, 0.25) is 0 Å². The molecule has 1 amide bonds. The molecule has 0 saturated heterocycles. The van der Waals surface area contributed by atoms with Gasteiger partial charge in [-0.15, -0.1) is 0 Å². The summed E-state index contributed by atoms with van der Waals surface area (Å²) in [5.74, 6) is 5.63. The van der Waals surface area contributed by atoms with Crippen molar-refractivity contribution in [3.05, 3.63) is 35.4 Å². The topological polar surface area (TPSA) is 55.1 Å². The molecule has 0 heterocycles. The molecule has 0 spiro atoms. The van der Waals surface area contributed by atoms with Crippen molar-refractivity contribution in [2.24, 2.45) is 5.73 Å². The van der Waals surface area contributed by atoms with Crippen LogP contribution in [0.1, 0.15) is 22.8 Å². The van der Waals surface area contributed by atoms with E-state index in [0.29, 0.717) is 23.9 Å². The Hall–Kier alpha value is -1.44. The van der Waals surface area contributed by atoms with Crippen molar-refractivity contribution in [3.63, 3.8) is 0 Å². The molecule has 0 radical (unpaired) electrons. The summed E-state index contributed by atoms with van der Waals surface area (Å²) in [5, 5.41) is 3.31. The zero-order valence-electron chi connectivity index (χ0n) is 10.7. The van der Waals surface area contributed by atoms with Crippen molar-refractivity contribution in [1.82, 2.24) is 5.32 Å². The van der Waals surface area contributed by atoms with Crippen LogP contribution in [0, 0.1) is 11.8 Å². The van der Waals surface area contributed by atoms with E-state index in [2.05, 4.69) is 24.1 Å². The second kappa shape index (κ2) is 7.80. The third-order valence-corrected chi connectivity index (χ3v) is 3.38. The van der Waals surface area contributed by atoms with Crippen molar-refractivity contribution in [3.8, 4) is 11.8 Å². The van der Waals surface area contributed by atoms with Crippen molar-refractivity contribution in [2.45, 2.75) is 12.2 Å². The largest absolute Gasteiger partial charge is 0.351 e. The molecule has 96 valence electrons. The lowest BCUT2D eigenvalue weighted by molar-refractivity contribution is 0.0954. The van der Waals surface area contributed by atoms with Crippen molar-refractivity contribution >= 4 is 17.7 Å². The average Bonchev–Trinajstić information content (AvgIpc) is 2.42. The monoisotopic (exact) mass is 262 g/mol. The summed E-state index contributed by atoms with van der Waals surface area (Å²) in [5.41, 5.74) is 6.76. The van der Waals surface area contributed by atoms with Gasteiger partial charge in [-0.05, 0) is 24.5 Å². The number of nitrogens with two attached hydrogens (primary N) is 1. The van der Waals surface area contributed by atoms with Crippen LogP contribution in [-0.4, -0.2) is 30.5 Å². The van der Waals surface area contributed by atoms with Crippen LogP contribution in [0.25, 0.3) is 0 Å². The van der Waals surface area contributed by atoms with E-state index >= 15 is 0 Å². The quantitative estimate of drug-likeness (QED) is 0.808. The number of hydrogen-bond acceptors (Lipinski definition) is 3. The highest BCUT2D eigenvalue weighted by Crippen LogP contribution is 2.06. The molecule has 1 aromatic carbocycles. The van der Waals surface area contributed by atoms with Gasteiger partial charge >= 0.3 is 0 Å². The number of benzene rings is 1. The first kappa shape index (κ1) is 14.6. The van der Waals surface area contributed by atoms with Gasteiger partial charge in [0.25, 0.3) is 5.91 Å². The molecule has 0 bridgehead atoms. The lowest BCUT2D eigenvalue weighted by Crippen LogP contribution is -2.29. The first-order chi connectivity index (χ1) is 8.67. The first-order valence-corrected chi connectivity index (χ1v) is 7.06. The fourth-order valence-corrected chi connectivity index (χ4v) is 1.56. The van der Waals surface area contributed by atoms with Crippen molar-refractivity contribution in [1.29, 1.82) is 0 Å². The van der Waals surface area contributed by atoms with E-state index in [1.165, 1.54) is 0 Å². The summed E-state index contributed by atoms with van der Waals surface area (Å²) in [4.78, 5) is 11.9. The number of nitrogens with one attached hydrogen (secondary N) is 1. The summed E-state index contributed by atoms with van der Waals surface area (Å²) in [6.45, 7) is 3.06. The number of hydrogen-bond donors (Lipinski definition) is 2. The van der Waals surface area contributed by atoms with Gasteiger partial charge in [0.2, 0.25) is 0 Å². The van der Waals surface area contributed by atoms with Gasteiger partial charge in [0, 0.05) is 22.9 Å². The van der Waals surface area contributed by atoms with Gasteiger partial charge in [-0.2, -0.15) is 11.8 Å². The Bertz CT molecular complexity index is 462. The summed E-state index contributed by atoms with van der Waals surface area (Å²) in [7, 11) is 0. The maximum Gasteiger partial charge on any atom is 0.251 e. The second-order valence-corrected chi connectivity index (χ2v) is 5.12. The van der Waals surface area contributed by atoms with E-state index < -0.39 is 0 Å². The number of rotatable bonds is 4. The van der Waals surface area contributed by atoms with Crippen LogP contribution >= 0.6 is 11.8 Å². The van der Waals surface area contributed by atoms with Gasteiger partial charge in [0.1, 0.15) is 0 Å². The molecule has 4 heteroatoms. The third-order valence-electron chi connectivity index (χ3n) is 2.41. The Kier molecular flexibility index (Phi) is 6.34. The molecule has 0 aromatic heterocycles. The lowest BCUT2D eigenvalue weighted by atomic mass is 10.1. The molecular weight excluding hydrogens is 244 g/mol. The van der Waals surface area contributed by atoms with Crippen LogP contribution in [0.15, 0.2) is 24.3 Å². The van der Waals surface area contributed by atoms with Crippen LogP contribution < -0.4 is 11.1 Å². The van der Waals surface area contributed by atoms with Crippen LogP contribution in [-0.2, 0) is 0 Å². The number of carbonyl (C=O) groups is 1. The number of amides is 1. The number of thioether (sulfide) groups is 1. The highest BCUT2D eigenvalue weighted by Gasteiger charge is 2.07. The molecule has 1 aromatic rings. The van der Waals surface area contributed by atoms with Crippen molar-refractivity contribution < 1.29 is 4.79 Å². The molecule has 0 aliphatic rings. The van der Waals surface area contributed by atoms with Gasteiger partial charge in [-0.25, -0.2) is 0 Å². The zero-order valence-corrected chi connectivity index (χ0v) is 11.5. The fourth-order valence-electron chi connectivity index (χ4n) is 1.31. The highest BCUT2D eigenvalue weighted by atomic mass is 32.2. The molecule has 1 atom stereocenters. The summed E-state index contributed by atoms with van der Waals surface area (Å²) >= 11 is 1.73. The Morgan fingerprint density at radius 3 is 3.00 bits per heavy atom. The molecule has 18 heavy (non-hydrogen) atoms. The molecule has 3 N–H and O–H groups in total.